The summed E-state index contributed by atoms with van der Waals surface area (Å²) in [5, 5.41) is 11.8. The fourth-order valence-electron chi connectivity index (χ4n) is 1.83. The Kier molecular flexibility index (Phi) is 5.08. The van der Waals surface area contributed by atoms with Crippen LogP contribution in [-0.2, 0) is 4.79 Å². The van der Waals surface area contributed by atoms with Crippen molar-refractivity contribution >= 4 is 23.3 Å². The van der Waals surface area contributed by atoms with E-state index in [-0.39, 0.29) is 23.3 Å². The van der Waals surface area contributed by atoms with Crippen molar-refractivity contribution in [2.45, 2.75) is 19.9 Å². The fraction of sp³-hybridized carbons (Fsp3) is 0.176. The van der Waals surface area contributed by atoms with Crippen LogP contribution in [0, 0.1) is 17.1 Å². The fourth-order valence-corrected chi connectivity index (χ4v) is 2.79. The van der Waals surface area contributed by atoms with Gasteiger partial charge in [0.25, 0.3) is 5.91 Å². The number of amides is 1. The summed E-state index contributed by atoms with van der Waals surface area (Å²) in [5.74, 6) is -0.660. The molecule has 0 aliphatic carbocycles. The first-order valence-corrected chi connectivity index (χ1v) is 7.59. The predicted molar refractivity (Wildman–Crippen MR) is 86.6 cm³/mol. The topological polar surface area (TPSA) is 52.9 Å². The Labute approximate surface area is 132 Å². The van der Waals surface area contributed by atoms with Gasteiger partial charge in [0.05, 0.1) is 0 Å². The van der Waals surface area contributed by atoms with Crippen molar-refractivity contribution in [1.29, 1.82) is 5.26 Å². The molecule has 112 valence electrons. The number of nitrogens with one attached hydrogen (secondary N) is 1. The molecule has 1 heterocycles. The number of benzene rings is 1. The summed E-state index contributed by atoms with van der Waals surface area (Å²) in [6.45, 7) is 3.68. The van der Waals surface area contributed by atoms with Gasteiger partial charge in [-0.05, 0) is 49.8 Å². The molecule has 0 atom stereocenters. The molecule has 0 fully saturated rings. The number of carbonyl (C=O) groups is 1. The van der Waals surface area contributed by atoms with Gasteiger partial charge >= 0.3 is 0 Å². The van der Waals surface area contributed by atoms with Gasteiger partial charge in [0.2, 0.25) is 0 Å². The van der Waals surface area contributed by atoms with Crippen LogP contribution >= 0.6 is 11.3 Å². The molecule has 1 aromatic carbocycles. The molecule has 2 rings (SSSR count). The Morgan fingerprint density at radius 3 is 2.55 bits per heavy atom. The van der Waals surface area contributed by atoms with E-state index in [9.17, 15) is 9.18 Å². The van der Waals surface area contributed by atoms with E-state index in [1.165, 1.54) is 23.5 Å². The lowest BCUT2D eigenvalue weighted by Crippen LogP contribution is -2.30. The average Bonchev–Trinajstić information content (AvgIpc) is 2.93. The van der Waals surface area contributed by atoms with Gasteiger partial charge in [-0.15, -0.1) is 11.3 Å². The standard InChI is InChI=1S/C17H15FN2OS/c1-11(2)20-17(21)13(10-19)9-15-7-8-16(22-15)12-3-5-14(18)6-4-12/h3-9,11H,1-2H3,(H,20,21)/b13-9+. The van der Waals surface area contributed by atoms with Crippen LogP contribution in [0.25, 0.3) is 16.5 Å². The summed E-state index contributed by atoms with van der Waals surface area (Å²) in [6, 6.07) is 11.8. The lowest BCUT2D eigenvalue weighted by atomic mass is 10.2. The second-order valence-electron chi connectivity index (χ2n) is 5.01. The molecular weight excluding hydrogens is 299 g/mol. The molecule has 0 spiro atoms. The Balaban J connectivity index is 2.23. The van der Waals surface area contributed by atoms with Crippen LogP contribution < -0.4 is 5.32 Å². The zero-order chi connectivity index (χ0) is 16.1. The Morgan fingerprint density at radius 1 is 1.27 bits per heavy atom. The maximum absolute atomic E-state index is 12.9. The van der Waals surface area contributed by atoms with Gasteiger partial charge in [0, 0.05) is 15.8 Å². The molecule has 0 bridgehead atoms. The van der Waals surface area contributed by atoms with Gasteiger partial charge in [-0.25, -0.2) is 4.39 Å². The number of thiophene rings is 1. The van der Waals surface area contributed by atoms with Crippen molar-refractivity contribution in [3.8, 4) is 16.5 Å². The van der Waals surface area contributed by atoms with Crippen molar-refractivity contribution in [3.63, 3.8) is 0 Å². The Hall–Kier alpha value is -2.45. The van der Waals surface area contributed by atoms with Crippen LogP contribution in [-0.4, -0.2) is 11.9 Å². The minimum Gasteiger partial charge on any atom is -0.349 e. The number of halogens is 1. The largest absolute Gasteiger partial charge is 0.349 e. The second kappa shape index (κ2) is 7.01. The minimum absolute atomic E-state index is 0.0256. The van der Waals surface area contributed by atoms with E-state index < -0.39 is 0 Å². The summed E-state index contributed by atoms with van der Waals surface area (Å²) in [6.07, 6.45) is 1.56. The van der Waals surface area contributed by atoms with Gasteiger partial charge in [0.15, 0.2) is 0 Å². The number of hydrogen-bond donors (Lipinski definition) is 1. The van der Waals surface area contributed by atoms with Crippen molar-refractivity contribution in [2.24, 2.45) is 0 Å². The number of carbonyl (C=O) groups excluding carboxylic acids is 1. The maximum atomic E-state index is 12.9. The minimum atomic E-state index is -0.380. The molecule has 0 aliphatic heterocycles. The number of hydrogen-bond acceptors (Lipinski definition) is 3. The summed E-state index contributed by atoms with van der Waals surface area (Å²) in [7, 11) is 0. The molecule has 0 radical (unpaired) electrons. The highest BCUT2D eigenvalue weighted by atomic mass is 32.1. The summed E-state index contributed by atoms with van der Waals surface area (Å²) < 4.78 is 12.9. The van der Waals surface area contributed by atoms with E-state index in [1.807, 2.05) is 32.0 Å². The number of nitriles is 1. The van der Waals surface area contributed by atoms with Gasteiger partial charge < -0.3 is 5.32 Å². The van der Waals surface area contributed by atoms with Gasteiger partial charge in [-0.2, -0.15) is 5.26 Å². The quantitative estimate of drug-likeness (QED) is 0.685. The lowest BCUT2D eigenvalue weighted by molar-refractivity contribution is -0.117. The smallest absolute Gasteiger partial charge is 0.262 e. The Bertz CT molecular complexity index is 739. The first kappa shape index (κ1) is 15.9. The number of rotatable bonds is 4. The monoisotopic (exact) mass is 314 g/mol. The highest BCUT2D eigenvalue weighted by Gasteiger charge is 2.11. The molecule has 22 heavy (non-hydrogen) atoms. The van der Waals surface area contributed by atoms with E-state index in [1.54, 1.807) is 18.2 Å². The molecule has 0 saturated carbocycles. The SMILES string of the molecule is CC(C)NC(=O)/C(C#N)=C/c1ccc(-c2ccc(F)cc2)s1. The first-order valence-electron chi connectivity index (χ1n) is 6.78. The van der Waals surface area contributed by atoms with Crippen molar-refractivity contribution < 1.29 is 9.18 Å². The number of nitrogens with zero attached hydrogens (tertiary/aromatic N) is 1. The van der Waals surface area contributed by atoms with E-state index >= 15 is 0 Å². The maximum Gasteiger partial charge on any atom is 0.262 e. The van der Waals surface area contributed by atoms with Crippen molar-refractivity contribution in [3.05, 3.63) is 52.7 Å². The van der Waals surface area contributed by atoms with Crippen LogP contribution in [0.2, 0.25) is 0 Å². The van der Waals surface area contributed by atoms with Crippen molar-refractivity contribution in [1.82, 2.24) is 5.32 Å². The highest BCUT2D eigenvalue weighted by molar-refractivity contribution is 7.16. The van der Waals surface area contributed by atoms with E-state index in [4.69, 9.17) is 5.26 Å². The molecule has 1 aromatic heterocycles. The molecular formula is C17H15FN2OS. The first-order chi connectivity index (χ1) is 10.5. The van der Waals surface area contributed by atoms with Crippen LogP contribution in [0.5, 0.6) is 0 Å². The molecule has 2 aromatic rings. The third-order valence-corrected chi connectivity index (χ3v) is 3.91. The van der Waals surface area contributed by atoms with E-state index in [0.717, 1.165) is 15.3 Å². The van der Waals surface area contributed by atoms with Crippen LogP contribution in [0.1, 0.15) is 18.7 Å². The predicted octanol–water partition coefficient (Wildman–Crippen LogP) is 3.99. The molecule has 1 N–H and O–H groups in total. The summed E-state index contributed by atoms with van der Waals surface area (Å²) in [4.78, 5) is 13.6. The average molecular weight is 314 g/mol. The Morgan fingerprint density at radius 2 is 1.95 bits per heavy atom. The van der Waals surface area contributed by atoms with Crippen LogP contribution in [0.15, 0.2) is 42.0 Å². The van der Waals surface area contributed by atoms with E-state index in [2.05, 4.69) is 5.32 Å². The van der Waals surface area contributed by atoms with E-state index in [0.29, 0.717) is 0 Å². The molecule has 3 nitrogen and oxygen atoms in total. The summed E-state index contributed by atoms with van der Waals surface area (Å²) >= 11 is 1.44. The second-order valence-corrected chi connectivity index (χ2v) is 6.12. The molecule has 5 heteroatoms. The zero-order valence-electron chi connectivity index (χ0n) is 12.3. The molecule has 0 saturated heterocycles. The van der Waals surface area contributed by atoms with Gasteiger partial charge in [-0.1, -0.05) is 12.1 Å². The van der Waals surface area contributed by atoms with Crippen LogP contribution in [0.4, 0.5) is 4.39 Å². The third-order valence-electron chi connectivity index (χ3n) is 2.83. The molecule has 0 unspecified atom stereocenters. The highest BCUT2D eigenvalue weighted by Crippen LogP contribution is 2.29. The van der Waals surface area contributed by atoms with Gasteiger partial charge in [-0.3, -0.25) is 4.79 Å². The summed E-state index contributed by atoms with van der Waals surface area (Å²) in [5.41, 5.74) is 0.970. The lowest BCUT2D eigenvalue weighted by Gasteiger charge is -2.06. The normalized spacial score (nSPS) is 11.3. The molecule has 1 amide bonds. The zero-order valence-corrected chi connectivity index (χ0v) is 13.1. The third kappa shape index (κ3) is 4.03. The van der Waals surface area contributed by atoms with Crippen molar-refractivity contribution in [2.75, 3.05) is 0 Å². The van der Waals surface area contributed by atoms with Gasteiger partial charge in [0.1, 0.15) is 17.5 Å². The molecule has 0 aliphatic rings. The van der Waals surface area contributed by atoms with Crippen LogP contribution in [0.3, 0.4) is 0 Å².